The molecule has 0 aliphatic carbocycles. The molecule has 1 unspecified atom stereocenters. The maximum absolute atomic E-state index is 12.9. The van der Waals surface area contributed by atoms with Crippen molar-refractivity contribution in [3.8, 4) is 0 Å². The Labute approximate surface area is 126 Å². The monoisotopic (exact) mass is 299 g/mol. The van der Waals surface area contributed by atoms with Gasteiger partial charge in [0, 0.05) is 11.6 Å². The van der Waals surface area contributed by atoms with Crippen molar-refractivity contribution >= 4 is 28.3 Å². The minimum atomic E-state index is -0.762. The number of carbonyl (C=O) groups is 1. The molecular weight excluding hydrogens is 285 g/mol. The Bertz CT molecular complexity index is 789. The fraction of sp³-hybridized carbons (Fsp3) is 0.200. The van der Waals surface area contributed by atoms with E-state index in [1.54, 1.807) is 49.9 Å². The Morgan fingerprint density at radius 1 is 1.41 bits per heavy atom. The molecule has 3 aromatic heterocycles. The lowest BCUT2D eigenvalue weighted by Gasteiger charge is -2.23. The van der Waals surface area contributed by atoms with Gasteiger partial charge < -0.3 is 0 Å². The van der Waals surface area contributed by atoms with Crippen molar-refractivity contribution < 1.29 is 9.18 Å². The SMILES string of the molecule is CC(CF)C(=O)N(c1cccnc1)c1cc2cn[nH]c2cn1. The topological polar surface area (TPSA) is 74.8 Å². The number of nitrogens with one attached hydrogen (secondary N) is 1. The van der Waals surface area contributed by atoms with Crippen molar-refractivity contribution in [2.45, 2.75) is 6.92 Å². The zero-order valence-corrected chi connectivity index (χ0v) is 11.9. The number of pyridine rings is 2. The highest BCUT2D eigenvalue weighted by molar-refractivity contribution is 6.01. The van der Waals surface area contributed by atoms with Crippen LogP contribution in [0, 0.1) is 5.92 Å². The number of hydrogen-bond donors (Lipinski definition) is 1. The summed E-state index contributed by atoms with van der Waals surface area (Å²) in [7, 11) is 0. The number of H-pyrrole nitrogens is 1. The number of carbonyl (C=O) groups excluding carboxylic acids is 1. The van der Waals surface area contributed by atoms with Crippen LogP contribution in [0.25, 0.3) is 10.9 Å². The number of aromatic nitrogens is 4. The highest BCUT2D eigenvalue weighted by Gasteiger charge is 2.25. The summed E-state index contributed by atoms with van der Waals surface area (Å²) in [6.07, 6.45) is 6.39. The Morgan fingerprint density at radius 3 is 3.00 bits per heavy atom. The minimum absolute atomic E-state index is 0.370. The van der Waals surface area contributed by atoms with E-state index in [2.05, 4.69) is 20.2 Å². The summed E-state index contributed by atoms with van der Waals surface area (Å²) in [5.41, 5.74) is 1.31. The number of rotatable bonds is 4. The summed E-state index contributed by atoms with van der Waals surface area (Å²) in [6.45, 7) is 0.811. The standard InChI is InChI=1S/C15H14FN5O/c1-10(6-16)15(22)21(12-3-2-4-17-8-12)14-5-11-7-19-20-13(11)9-18-14/h2-5,7-10H,6H2,1H3,(H,19,20). The van der Waals surface area contributed by atoms with Gasteiger partial charge in [-0.1, -0.05) is 6.92 Å². The van der Waals surface area contributed by atoms with E-state index in [1.807, 2.05) is 0 Å². The largest absolute Gasteiger partial charge is 0.276 e. The Morgan fingerprint density at radius 2 is 2.27 bits per heavy atom. The maximum Gasteiger partial charge on any atom is 0.238 e. The van der Waals surface area contributed by atoms with Crippen molar-refractivity contribution in [2.24, 2.45) is 5.92 Å². The second-order valence-corrected chi connectivity index (χ2v) is 4.94. The number of aromatic amines is 1. The summed E-state index contributed by atoms with van der Waals surface area (Å²) >= 11 is 0. The number of fused-ring (bicyclic) bond motifs is 1. The third kappa shape index (κ3) is 2.52. The van der Waals surface area contributed by atoms with E-state index in [4.69, 9.17) is 0 Å². The van der Waals surface area contributed by atoms with Gasteiger partial charge in [-0.15, -0.1) is 0 Å². The summed E-state index contributed by atoms with van der Waals surface area (Å²) in [4.78, 5) is 22.2. The summed E-state index contributed by atoms with van der Waals surface area (Å²) < 4.78 is 12.9. The molecule has 0 aliphatic heterocycles. The Balaban J connectivity index is 2.09. The first-order valence-corrected chi connectivity index (χ1v) is 6.80. The molecule has 1 amide bonds. The van der Waals surface area contributed by atoms with Gasteiger partial charge in [0.1, 0.15) is 12.5 Å². The number of anilines is 2. The zero-order valence-electron chi connectivity index (χ0n) is 11.9. The van der Waals surface area contributed by atoms with Crippen LogP contribution >= 0.6 is 0 Å². The molecule has 0 radical (unpaired) electrons. The van der Waals surface area contributed by atoms with Gasteiger partial charge in [-0.3, -0.25) is 24.2 Å². The Hall–Kier alpha value is -2.83. The van der Waals surface area contributed by atoms with Crippen LogP contribution < -0.4 is 4.90 Å². The van der Waals surface area contributed by atoms with E-state index in [1.165, 1.54) is 4.90 Å². The molecule has 0 spiro atoms. The van der Waals surface area contributed by atoms with Crippen molar-refractivity contribution in [2.75, 3.05) is 11.6 Å². The molecule has 0 fully saturated rings. The van der Waals surface area contributed by atoms with Crippen LogP contribution in [0.1, 0.15) is 6.92 Å². The van der Waals surface area contributed by atoms with Gasteiger partial charge in [0.05, 0.1) is 35.7 Å². The molecule has 112 valence electrons. The normalized spacial score (nSPS) is 12.3. The molecule has 0 saturated heterocycles. The van der Waals surface area contributed by atoms with E-state index in [-0.39, 0.29) is 5.91 Å². The van der Waals surface area contributed by atoms with Crippen LogP contribution in [0.3, 0.4) is 0 Å². The molecule has 1 atom stereocenters. The van der Waals surface area contributed by atoms with Crippen LogP contribution in [-0.4, -0.2) is 32.7 Å². The first-order valence-electron chi connectivity index (χ1n) is 6.80. The van der Waals surface area contributed by atoms with E-state index in [9.17, 15) is 9.18 Å². The number of halogens is 1. The molecule has 3 heterocycles. The van der Waals surface area contributed by atoms with Gasteiger partial charge in [-0.25, -0.2) is 4.98 Å². The van der Waals surface area contributed by atoms with Crippen LogP contribution in [-0.2, 0) is 4.79 Å². The highest BCUT2D eigenvalue weighted by Crippen LogP contribution is 2.27. The molecule has 1 N–H and O–H groups in total. The summed E-state index contributed by atoms with van der Waals surface area (Å²) in [5, 5.41) is 7.55. The van der Waals surface area contributed by atoms with E-state index in [0.29, 0.717) is 11.5 Å². The first kappa shape index (κ1) is 14.1. The smallest absolute Gasteiger partial charge is 0.238 e. The lowest BCUT2D eigenvalue weighted by molar-refractivity contribution is -0.121. The van der Waals surface area contributed by atoms with Crippen molar-refractivity contribution in [1.29, 1.82) is 0 Å². The molecule has 0 bridgehead atoms. The second-order valence-electron chi connectivity index (χ2n) is 4.94. The molecule has 3 rings (SSSR count). The van der Waals surface area contributed by atoms with Crippen molar-refractivity contribution in [3.05, 3.63) is 43.0 Å². The molecular formula is C15H14FN5O. The van der Waals surface area contributed by atoms with Gasteiger partial charge in [-0.2, -0.15) is 5.10 Å². The minimum Gasteiger partial charge on any atom is -0.276 e. The van der Waals surface area contributed by atoms with Crippen LogP contribution in [0.15, 0.2) is 43.0 Å². The van der Waals surface area contributed by atoms with Crippen molar-refractivity contribution in [1.82, 2.24) is 20.2 Å². The van der Waals surface area contributed by atoms with E-state index < -0.39 is 12.6 Å². The number of amides is 1. The van der Waals surface area contributed by atoms with Crippen molar-refractivity contribution in [3.63, 3.8) is 0 Å². The number of nitrogens with zero attached hydrogens (tertiary/aromatic N) is 4. The van der Waals surface area contributed by atoms with E-state index >= 15 is 0 Å². The number of hydrogen-bond acceptors (Lipinski definition) is 4. The lowest BCUT2D eigenvalue weighted by atomic mass is 10.1. The van der Waals surface area contributed by atoms with Crippen LogP contribution in [0.4, 0.5) is 15.9 Å². The fourth-order valence-electron chi connectivity index (χ4n) is 2.10. The lowest BCUT2D eigenvalue weighted by Crippen LogP contribution is -2.32. The third-order valence-electron chi connectivity index (χ3n) is 3.32. The summed E-state index contributed by atoms with van der Waals surface area (Å²) in [5.74, 6) is -0.722. The molecule has 22 heavy (non-hydrogen) atoms. The zero-order chi connectivity index (χ0) is 15.5. The predicted octanol–water partition coefficient (Wildman–Crippen LogP) is 2.62. The quantitative estimate of drug-likeness (QED) is 0.803. The van der Waals surface area contributed by atoms with Crippen LogP contribution in [0.5, 0.6) is 0 Å². The highest BCUT2D eigenvalue weighted by atomic mass is 19.1. The Kier molecular flexibility index (Phi) is 3.78. The molecule has 7 heteroatoms. The predicted molar refractivity (Wildman–Crippen MR) is 80.4 cm³/mol. The van der Waals surface area contributed by atoms with E-state index in [0.717, 1.165) is 10.9 Å². The molecule has 6 nitrogen and oxygen atoms in total. The third-order valence-corrected chi connectivity index (χ3v) is 3.32. The van der Waals surface area contributed by atoms with Gasteiger partial charge in [0.2, 0.25) is 5.91 Å². The second kappa shape index (κ2) is 5.88. The molecule has 0 saturated carbocycles. The van der Waals surface area contributed by atoms with Gasteiger partial charge in [-0.05, 0) is 18.2 Å². The molecule has 3 aromatic rings. The molecule has 0 aromatic carbocycles. The first-order chi connectivity index (χ1) is 10.7. The summed E-state index contributed by atoms with van der Waals surface area (Å²) in [6, 6.07) is 5.18. The fourth-order valence-corrected chi connectivity index (χ4v) is 2.10. The average Bonchev–Trinajstić information content (AvgIpc) is 3.03. The number of alkyl halides is 1. The van der Waals surface area contributed by atoms with Crippen LogP contribution in [0.2, 0.25) is 0 Å². The average molecular weight is 299 g/mol. The molecule has 0 aliphatic rings. The van der Waals surface area contributed by atoms with Gasteiger partial charge >= 0.3 is 0 Å². The van der Waals surface area contributed by atoms with Gasteiger partial charge in [0.25, 0.3) is 0 Å². The van der Waals surface area contributed by atoms with Gasteiger partial charge in [0.15, 0.2) is 0 Å². The maximum atomic E-state index is 12.9.